The Morgan fingerprint density at radius 2 is 2.00 bits per heavy atom. The van der Waals surface area contributed by atoms with Gasteiger partial charge in [0.15, 0.2) is 0 Å². The topological polar surface area (TPSA) is 59.8 Å². The molecule has 2 heterocycles. The van der Waals surface area contributed by atoms with Crippen molar-refractivity contribution in [3.8, 4) is 5.75 Å². The lowest BCUT2D eigenvalue weighted by Gasteiger charge is -2.29. The Morgan fingerprint density at radius 3 is 2.84 bits per heavy atom. The number of carbonyl (C=O) groups is 1. The maximum Gasteiger partial charge on any atom is 0.349 e. The molecule has 1 aliphatic rings. The highest BCUT2D eigenvalue weighted by atomic mass is 16.5. The molecule has 0 spiro atoms. The highest BCUT2D eigenvalue weighted by Crippen LogP contribution is 2.28. The van der Waals surface area contributed by atoms with Crippen molar-refractivity contribution >= 4 is 22.6 Å². The molecule has 2 aromatic carbocycles. The van der Waals surface area contributed by atoms with E-state index in [2.05, 4.69) is 0 Å². The number of methoxy groups -OCH3 is 1. The minimum absolute atomic E-state index is 0.0503. The van der Waals surface area contributed by atoms with Crippen LogP contribution in [0.25, 0.3) is 11.0 Å². The summed E-state index contributed by atoms with van der Waals surface area (Å²) in [5.41, 5.74) is 1.81. The van der Waals surface area contributed by atoms with Crippen LogP contribution in [-0.2, 0) is 6.42 Å². The van der Waals surface area contributed by atoms with Crippen molar-refractivity contribution in [3.63, 3.8) is 0 Å². The van der Waals surface area contributed by atoms with Crippen LogP contribution in [0.2, 0.25) is 0 Å². The number of hydrogen-bond acceptors (Lipinski definition) is 4. The minimum Gasteiger partial charge on any atom is -0.497 e. The van der Waals surface area contributed by atoms with Gasteiger partial charge in [0.2, 0.25) is 0 Å². The lowest BCUT2D eigenvalue weighted by atomic mass is 10.0. The molecule has 5 heteroatoms. The summed E-state index contributed by atoms with van der Waals surface area (Å²) in [6.07, 6.45) is 1.81. The second-order valence-corrected chi connectivity index (χ2v) is 6.04. The van der Waals surface area contributed by atoms with Gasteiger partial charge in [0.25, 0.3) is 5.91 Å². The summed E-state index contributed by atoms with van der Waals surface area (Å²) in [6, 6.07) is 14.6. The van der Waals surface area contributed by atoms with Gasteiger partial charge in [0.05, 0.1) is 7.11 Å². The average Bonchev–Trinajstić information content (AvgIpc) is 2.66. The predicted molar refractivity (Wildman–Crippen MR) is 95.5 cm³/mol. The van der Waals surface area contributed by atoms with E-state index in [0.717, 1.165) is 24.1 Å². The number of nitrogens with zero attached hydrogens (tertiary/aromatic N) is 1. The van der Waals surface area contributed by atoms with E-state index in [9.17, 15) is 9.59 Å². The van der Waals surface area contributed by atoms with E-state index in [1.807, 2.05) is 24.3 Å². The monoisotopic (exact) mass is 335 g/mol. The summed E-state index contributed by atoms with van der Waals surface area (Å²) in [4.78, 5) is 27.0. The third kappa shape index (κ3) is 2.67. The van der Waals surface area contributed by atoms with Crippen LogP contribution >= 0.6 is 0 Å². The fourth-order valence-corrected chi connectivity index (χ4v) is 3.26. The molecular weight excluding hydrogens is 318 g/mol. The number of carbonyl (C=O) groups excluding carboxylic acids is 1. The molecule has 1 aliphatic heterocycles. The van der Waals surface area contributed by atoms with E-state index in [-0.39, 0.29) is 11.5 Å². The number of rotatable bonds is 2. The molecule has 0 unspecified atom stereocenters. The molecule has 0 atom stereocenters. The van der Waals surface area contributed by atoms with E-state index >= 15 is 0 Å². The molecule has 0 bridgehead atoms. The van der Waals surface area contributed by atoms with Crippen LogP contribution in [-0.4, -0.2) is 19.6 Å². The first-order valence-corrected chi connectivity index (χ1v) is 8.19. The van der Waals surface area contributed by atoms with E-state index in [0.29, 0.717) is 23.3 Å². The molecule has 3 aromatic rings. The Hall–Kier alpha value is -3.08. The van der Waals surface area contributed by atoms with Crippen LogP contribution in [0.15, 0.2) is 57.7 Å². The lowest BCUT2D eigenvalue weighted by molar-refractivity contribution is 0.0981. The molecule has 0 saturated carbocycles. The summed E-state index contributed by atoms with van der Waals surface area (Å²) in [7, 11) is 1.55. The largest absolute Gasteiger partial charge is 0.497 e. The zero-order chi connectivity index (χ0) is 17.4. The normalized spacial score (nSPS) is 13.6. The molecule has 1 aromatic heterocycles. The predicted octanol–water partition coefficient (Wildman–Crippen LogP) is 3.39. The summed E-state index contributed by atoms with van der Waals surface area (Å²) in [5.74, 6) is 0.276. The van der Waals surface area contributed by atoms with Crippen LogP contribution < -0.4 is 15.3 Å². The van der Waals surface area contributed by atoms with Crippen LogP contribution in [0.5, 0.6) is 5.75 Å². The van der Waals surface area contributed by atoms with Crippen LogP contribution in [0.4, 0.5) is 5.69 Å². The van der Waals surface area contributed by atoms with Gasteiger partial charge in [0.1, 0.15) is 16.9 Å². The molecule has 25 heavy (non-hydrogen) atoms. The van der Waals surface area contributed by atoms with Gasteiger partial charge >= 0.3 is 5.63 Å². The first kappa shape index (κ1) is 15.4. The van der Waals surface area contributed by atoms with Crippen molar-refractivity contribution < 1.29 is 13.9 Å². The lowest BCUT2D eigenvalue weighted by Crippen LogP contribution is -2.37. The highest BCUT2D eigenvalue weighted by molar-refractivity contribution is 6.07. The molecule has 126 valence electrons. The van der Waals surface area contributed by atoms with Crippen LogP contribution in [0.1, 0.15) is 22.3 Å². The zero-order valence-electron chi connectivity index (χ0n) is 13.8. The zero-order valence-corrected chi connectivity index (χ0v) is 13.8. The number of para-hydroxylation sites is 1. The van der Waals surface area contributed by atoms with Gasteiger partial charge in [-0.25, -0.2) is 4.79 Å². The number of fused-ring (bicyclic) bond motifs is 2. The quantitative estimate of drug-likeness (QED) is 0.674. The molecule has 1 amide bonds. The second kappa shape index (κ2) is 6.09. The average molecular weight is 335 g/mol. The third-order valence-electron chi connectivity index (χ3n) is 4.53. The Bertz CT molecular complexity index is 1020. The Labute approximate surface area is 144 Å². The highest BCUT2D eigenvalue weighted by Gasteiger charge is 2.26. The van der Waals surface area contributed by atoms with Crippen molar-refractivity contribution in [1.82, 2.24) is 0 Å². The first-order chi connectivity index (χ1) is 12.2. The molecule has 0 radical (unpaired) electrons. The summed E-state index contributed by atoms with van der Waals surface area (Å²) in [5, 5.41) is 0.689. The first-order valence-electron chi connectivity index (χ1n) is 8.19. The Morgan fingerprint density at radius 1 is 1.16 bits per heavy atom. The number of aryl methyl sites for hydroxylation is 1. The number of ether oxygens (including phenoxy) is 1. The Kier molecular flexibility index (Phi) is 3.76. The maximum atomic E-state index is 13.0. The van der Waals surface area contributed by atoms with Crippen molar-refractivity contribution in [2.75, 3.05) is 18.6 Å². The van der Waals surface area contributed by atoms with Gasteiger partial charge in [-0.15, -0.1) is 0 Å². The van der Waals surface area contributed by atoms with Gasteiger partial charge in [0, 0.05) is 23.7 Å². The smallest absolute Gasteiger partial charge is 0.349 e. The van der Waals surface area contributed by atoms with E-state index in [4.69, 9.17) is 9.15 Å². The van der Waals surface area contributed by atoms with Crippen LogP contribution in [0, 0.1) is 0 Å². The number of anilines is 1. The maximum absolute atomic E-state index is 13.0. The van der Waals surface area contributed by atoms with Gasteiger partial charge < -0.3 is 14.1 Å². The summed E-state index contributed by atoms with van der Waals surface area (Å²) < 4.78 is 10.5. The molecule has 0 N–H and O–H groups in total. The van der Waals surface area contributed by atoms with E-state index in [1.54, 1.807) is 36.3 Å². The number of benzene rings is 2. The Balaban J connectivity index is 1.78. The number of hydrogen-bond donors (Lipinski definition) is 0. The van der Waals surface area contributed by atoms with E-state index < -0.39 is 5.63 Å². The molecule has 0 saturated heterocycles. The fraction of sp³-hybridized carbons (Fsp3) is 0.200. The van der Waals surface area contributed by atoms with Crippen molar-refractivity contribution in [2.45, 2.75) is 12.8 Å². The van der Waals surface area contributed by atoms with Crippen molar-refractivity contribution in [1.29, 1.82) is 0 Å². The standard InChI is InChI=1S/C20H17NO4/c1-24-15-9-8-14-11-16(20(23)25-18(14)12-15)19(22)21-10-4-6-13-5-2-3-7-17(13)21/h2-3,5,7-9,11-12H,4,6,10H2,1H3. The van der Waals surface area contributed by atoms with E-state index in [1.165, 1.54) is 0 Å². The third-order valence-corrected chi connectivity index (χ3v) is 4.53. The van der Waals surface area contributed by atoms with Gasteiger partial charge in [-0.05, 0) is 42.7 Å². The summed E-state index contributed by atoms with van der Waals surface area (Å²) in [6.45, 7) is 0.593. The SMILES string of the molecule is COc1ccc2cc(C(=O)N3CCCc4ccccc43)c(=O)oc2c1. The summed E-state index contributed by atoms with van der Waals surface area (Å²) >= 11 is 0. The van der Waals surface area contributed by atoms with Crippen molar-refractivity contribution in [3.05, 3.63) is 70.1 Å². The molecule has 4 rings (SSSR count). The molecule has 0 fully saturated rings. The van der Waals surface area contributed by atoms with Gasteiger partial charge in [-0.1, -0.05) is 18.2 Å². The number of amides is 1. The second-order valence-electron chi connectivity index (χ2n) is 6.04. The molecule has 5 nitrogen and oxygen atoms in total. The van der Waals surface area contributed by atoms with Gasteiger partial charge in [-0.2, -0.15) is 0 Å². The minimum atomic E-state index is -0.631. The molecular formula is C20H17NO4. The van der Waals surface area contributed by atoms with Crippen LogP contribution in [0.3, 0.4) is 0 Å². The van der Waals surface area contributed by atoms with Gasteiger partial charge in [-0.3, -0.25) is 4.79 Å². The van der Waals surface area contributed by atoms with Crippen molar-refractivity contribution in [2.24, 2.45) is 0 Å². The fourth-order valence-electron chi connectivity index (χ4n) is 3.26. The molecule has 0 aliphatic carbocycles.